The molecule has 0 aliphatic rings. The van der Waals surface area contributed by atoms with Crippen LogP contribution in [0, 0.1) is 0 Å². The van der Waals surface area contributed by atoms with E-state index in [1.54, 1.807) is 0 Å². The van der Waals surface area contributed by atoms with Crippen molar-refractivity contribution in [3.63, 3.8) is 0 Å². The van der Waals surface area contributed by atoms with Gasteiger partial charge in [-0.15, -0.1) is 0 Å². The van der Waals surface area contributed by atoms with Gasteiger partial charge in [-0.1, -0.05) is 38.1 Å². The van der Waals surface area contributed by atoms with Crippen molar-refractivity contribution in [2.75, 3.05) is 6.54 Å². The first kappa shape index (κ1) is 15.5. The van der Waals surface area contributed by atoms with Gasteiger partial charge in [-0.25, -0.2) is 0 Å². The summed E-state index contributed by atoms with van der Waals surface area (Å²) in [6.07, 6.45) is 1.04. The van der Waals surface area contributed by atoms with Crippen molar-refractivity contribution >= 4 is 0 Å². The fourth-order valence-corrected chi connectivity index (χ4v) is 2.34. The lowest BCUT2D eigenvalue weighted by Crippen LogP contribution is -2.19. The Labute approximate surface area is 126 Å². The fraction of sp³-hybridized carbons (Fsp3) is 0.333. The molecular formula is C18H23NO2. The Hall–Kier alpha value is -1.84. The molecule has 0 heterocycles. The van der Waals surface area contributed by atoms with Crippen LogP contribution in [-0.4, -0.2) is 11.7 Å². The molecule has 0 aromatic heterocycles. The summed E-state index contributed by atoms with van der Waals surface area (Å²) in [5.41, 5.74) is 2.12. The zero-order valence-corrected chi connectivity index (χ0v) is 12.7. The third kappa shape index (κ3) is 4.31. The van der Waals surface area contributed by atoms with E-state index in [4.69, 9.17) is 9.84 Å². The molecule has 3 heteroatoms. The zero-order chi connectivity index (χ0) is 15.1. The monoisotopic (exact) mass is 285 g/mol. The second-order valence-corrected chi connectivity index (χ2v) is 5.00. The van der Waals surface area contributed by atoms with Gasteiger partial charge in [0.1, 0.15) is 11.5 Å². The number of hydrogen-bond acceptors (Lipinski definition) is 3. The maximum absolute atomic E-state index is 9.05. The maximum Gasteiger partial charge on any atom is 0.127 e. The minimum Gasteiger partial charge on any atom is -0.457 e. The molecule has 2 aromatic carbocycles. The van der Waals surface area contributed by atoms with Crippen molar-refractivity contribution in [2.45, 2.75) is 32.9 Å². The number of aliphatic hydroxyl groups excluding tert-OH is 1. The topological polar surface area (TPSA) is 41.5 Å². The van der Waals surface area contributed by atoms with E-state index >= 15 is 0 Å². The maximum atomic E-state index is 9.05. The molecule has 112 valence electrons. The number of ether oxygens (including phenoxy) is 1. The Balaban J connectivity index is 2.12. The van der Waals surface area contributed by atoms with Crippen LogP contribution in [0.25, 0.3) is 0 Å². The molecule has 0 aliphatic carbocycles. The van der Waals surface area contributed by atoms with Gasteiger partial charge in [0.05, 0.1) is 6.61 Å². The highest BCUT2D eigenvalue weighted by molar-refractivity contribution is 5.36. The minimum absolute atomic E-state index is 0.0522. The fourth-order valence-electron chi connectivity index (χ4n) is 2.34. The molecule has 0 saturated carbocycles. The molecule has 3 nitrogen and oxygen atoms in total. The van der Waals surface area contributed by atoms with Gasteiger partial charge >= 0.3 is 0 Å². The summed E-state index contributed by atoms with van der Waals surface area (Å²) < 4.78 is 5.88. The lowest BCUT2D eigenvalue weighted by atomic mass is 10.0. The summed E-state index contributed by atoms with van der Waals surface area (Å²) in [7, 11) is 0. The summed E-state index contributed by atoms with van der Waals surface area (Å²) >= 11 is 0. The van der Waals surface area contributed by atoms with Gasteiger partial charge in [-0.3, -0.25) is 0 Å². The molecule has 0 fully saturated rings. The third-order valence-electron chi connectivity index (χ3n) is 3.46. The molecule has 1 unspecified atom stereocenters. The zero-order valence-electron chi connectivity index (χ0n) is 12.7. The van der Waals surface area contributed by atoms with E-state index in [2.05, 4.69) is 31.3 Å². The van der Waals surface area contributed by atoms with E-state index in [1.165, 1.54) is 5.56 Å². The van der Waals surface area contributed by atoms with Gasteiger partial charge in [-0.2, -0.15) is 0 Å². The van der Waals surface area contributed by atoms with E-state index in [0.717, 1.165) is 30.0 Å². The Morgan fingerprint density at radius 2 is 1.81 bits per heavy atom. The summed E-state index contributed by atoms with van der Waals surface area (Å²) in [5, 5.41) is 12.5. The largest absolute Gasteiger partial charge is 0.457 e. The molecule has 2 rings (SSSR count). The first-order chi connectivity index (χ1) is 10.3. The highest BCUT2D eigenvalue weighted by Crippen LogP contribution is 2.26. The predicted octanol–water partition coefficient (Wildman–Crippen LogP) is 4.03. The highest BCUT2D eigenvalue weighted by Gasteiger charge is 2.08. The molecule has 2 aromatic rings. The van der Waals surface area contributed by atoms with Gasteiger partial charge in [0.25, 0.3) is 0 Å². The van der Waals surface area contributed by atoms with Crippen LogP contribution in [0.5, 0.6) is 11.5 Å². The molecule has 1 atom stereocenters. The van der Waals surface area contributed by atoms with Crippen LogP contribution in [0.15, 0.2) is 48.5 Å². The van der Waals surface area contributed by atoms with Gasteiger partial charge in [0, 0.05) is 6.04 Å². The summed E-state index contributed by atoms with van der Waals surface area (Å²) in [4.78, 5) is 0. The van der Waals surface area contributed by atoms with E-state index in [1.807, 2.05) is 36.4 Å². The van der Waals surface area contributed by atoms with Crippen LogP contribution in [0.1, 0.15) is 37.4 Å². The van der Waals surface area contributed by atoms with Gasteiger partial charge < -0.3 is 15.2 Å². The van der Waals surface area contributed by atoms with Gasteiger partial charge in [0.2, 0.25) is 0 Å². The lowest BCUT2D eigenvalue weighted by Gasteiger charge is -2.17. The number of benzene rings is 2. The van der Waals surface area contributed by atoms with Crippen molar-refractivity contribution in [2.24, 2.45) is 0 Å². The normalized spacial score (nSPS) is 12.1. The molecule has 0 spiro atoms. The molecule has 0 radical (unpaired) electrons. The van der Waals surface area contributed by atoms with Crippen LogP contribution in [-0.2, 0) is 6.61 Å². The van der Waals surface area contributed by atoms with Crippen molar-refractivity contribution in [1.82, 2.24) is 5.32 Å². The van der Waals surface area contributed by atoms with Gasteiger partial charge in [-0.05, 0) is 48.4 Å². The minimum atomic E-state index is 0.0522. The first-order valence-corrected chi connectivity index (χ1v) is 7.47. The molecule has 0 amide bonds. The van der Waals surface area contributed by atoms with E-state index in [9.17, 15) is 0 Å². The average Bonchev–Trinajstić information content (AvgIpc) is 2.53. The first-order valence-electron chi connectivity index (χ1n) is 7.47. The summed E-state index contributed by atoms with van der Waals surface area (Å²) in [5.74, 6) is 1.61. The Morgan fingerprint density at radius 3 is 2.43 bits per heavy atom. The number of aliphatic hydroxyl groups is 1. The molecule has 0 aliphatic heterocycles. The van der Waals surface area contributed by atoms with Crippen molar-refractivity contribution < 1.29 is 9.84 Å². The highest BCUT2D eigenvalue weighted by atomic mass is 16.5. The molecule has 2 N–H and O–H groups in total. The van der Waals surface area contributed by atoms with Crippen LogP contribution in [0.4, 0.5) is 0 Å². The van der Waals surface area contributed by atoms with Crippen molar-refractivity contribution in [3.05, 3.63) is 59.7 Å². The number of nitrogens with one attached hydrogen (secondary N) is 1. The van der Waals surface area contributed by atoms with Crippen molar-refractivity contribution in [3.8, 4) is 11.5 Å². The Morgan fingerprint density at radius 1 is 1.05 bits per heavy atom. The molecule has 0 saturated heterocycles. The summed E-state index contributed by atoms with van der Waals surface area (Å²) in [6.45, 7) is 5.29. The van der Waals surface area contributed by atoms with Crippen molar-refractivity contribution in [1.29, 1.82) is 0 Å². The van der Waals surface area contributed by atoms with Crippen LogP contribution >= 0.6 is 0 Å². The lowest BCUT2D eigenvalue weighted by molar-refractivity contribution is 0.281. The van der Waals surface area contributed by atoms with E-state index in [-0.39, 0.29) is 6.61 Å². The Bertz CT molecular complexity index is 551. The van der Waals surface area contributed by atoms with E-state index in [0.29, 0.717) is 6.04 Å². The quantitative estimate of drug-likeness (QED) is 0.807. The SMILES string of the molecule is CCNC(CC)c1cccc(Oc2ccc(CO)cc2)c1. The average molecular weight is 285 g/mol. The molecule has 21 heavy (non-hydrogen) atoms. The number of rotatable bonds is 7. The number of hydrogen-bond donors (Lipinski definition) is 2. The molecule has 0 bridgehead atoms. The predicted molar refractivity (Wildman–Crippen MR) is 85.6 cm³/mol. The molecular weight excluding hydrogens is 262 g/mol. The van der Waals surface area contributed by atoms with Gasteiger partial charge in [0.15, 0.2) is 0 Å². The van der Waals surface area contributed by atoms with Crippen LogP contribution < -0.4 is 10.1 Å². The third-order valence-corrected chi connectivity index (χ3v) is 3.46. The second kappa shape index (κ2) is 7.81. The van der Waals surface area contributed by atoms with E-state index < -0.39 is 0 Å². The second-order valence-electron chi connectivity index (χ2n) is 5.00. The summed E-state index contributed by atoms with van der Waals surface area (Å²) in [6, 6.07) is 16.0. The Kier molecular flexibility index (Phi) is 5.78. The van der Waals surface area contributed by atoms with Crippen LogP contribution in [0.2, 0.25) is 0 Å². The smallest absolute Gasteiger partial charge is 0.127 e. The van der Waals surface area contributed by atoms with Crippen LogP contribution in [0.3, 0.4) is 0 Å². The standard InChI is InChI=1S/C18H23NO2/c1-3-18(19-4-2)15-6-5-7-17(12-15)21-16-10-8-14(13-20)9-11-16/h5-12,18-20H,3-4,13H2,1-2H3.